The monoisotopic (exact) mass is 198 g/mol. The molecule has 1 aromatic heterocycles. The molecule has 76 valence electrons. The Hall–Kier alpha value is -1.85. The number of amides is 1. The molecule has 14 heavy (non-hydrogen) atoms. The van der Waals surface area contributed by atoms with E-state index in [0.29, 0.717) is 6.61 Å². The second-order valence-electron chi connectivity index (χ2n) is 2.37. The summed E-state index contributed by atoms with van der Waals surface area (Å²) < 4.78 is 9.08. The maximum absolute atomic E-state index is 11.2. The highest BCUT2D eigenvalue weighted by atomic mass is 16.5. The minimum absolute atomic E-state index is 0.134. The molecule has 0 saturated carbocycles. The molecule has 0 radical (unpaired) electrons. The average molecular weight is 198 g/mol. The van der Waals surface area contributed by atoms with Gasteiger partial charge in [0.05, 0.1) is 6.61 Å². The fraction of sp³-hybridized carbons (Fsp3) is 0.375. The van der Waals surface area contributed by atoms with E-state index in [1.54, 1.807) is 6.92 Å². The SMILES string of the molecule is CCOC(=O)CNC(=O)c1ccon1. The summed E-state index contributed by atoms with van der Waals surface area (Å²) in [5.74, 6) is -0.948. The number of carbonyl (C=O) groups is 2. The lowest BCUT2D eigenvalue weighted by Crippen LogP contribution is -2.30. The molecule has 1 heterocycles. The molecule has 0 aliphatic heterocycles. The Morgan fingerprint density at radius 1 is 1.64 bits per heavy atom. The van der Waals surface area contributed by atoms with E-state index in [9.17, 15) is 9.59 Å². The summed E-state index contributed by atoms with van der Waals surface area (Å²) in [4.78, 5) is 22.0. The molecule has 0 fully saturated rings. The minimum Gasteiger partial charge on any atom is -0.465 e. The van der Waals surface area contributed by atoms with Crippen LogP contribution >= 0.6 is 0 Å². The van der Waals surface area contributed by atoms with E-state index in [2.05, 4.69) is 19.7 Å². The van der Waals surface area contributed by atoms with Crippen molar-refractivity contribution in [2.75, 3.05) is 13.2 Å². The highest BCUT2D eigenvalue weighted by Crippen LogP contribution is 1.92. The molecule has 0 spiro atoms. The van der Waals surface area contributed by atoms with Crippen LogP contribution in [0.2, 0.25) is 0 Å². The molecular formula is C8H10N2O4. The van der Waals surface area contributed by atoms with Crippen LogP contribution in [0.15, 0.2) is 16.9 Å². The summed E-state index contributed by atoms with van der Waals surface area (Å²) in [7, 11) is 0. The van der Waals surface area contributed by atoms with Crippen molar-refractivity contribution < 1.29 is 18.8 Å². The van der Waals surface area contributed by atoms with Gasteiger partial charge >= 0.3 is 5.97 Å². The zero-order chi connectivity index (χ0) is 10.4. The Kier molecular flexibility index (Phi) is 3.66. The van der Waals surface area contributed by atoms with Gasteiger partial charge in [0.25, 0.3) is 5.91 Å². The fourth-order valence-electron chi connectivity index (χ4n) is 0.785. The first kappa shape index (κ1) is 10.2. The van der Waals surface area contributed by atoms with Crippen LogP contribution in [0.25, 0.3) is 0 Å². The van der Waals surface area contributed by atoms with Gasteiger partial charge in [-0.3, -0.25) is 9.59 Å². The van der Waals surface area contributed by atoms with Crippen LogP contribution in [0, 0.1) is 0 Å². The topological polar surface area (TPSA) is 81.4 Å². The molecule has 0 aliphatic carbocycles. The first-order valence-electron chi connectivity index (χ1n) is 4.08. The highest BCUT2D eigenvalue weighted by Gasteiger charge is 2.10. The first-order chi connectivity index (χ1) is 6.74. The quantitative estimate of drug-likeness (QED) is 0.687. The van der Waals surface area contributed by atoms with Crippen molar-refractivity contribution in [3.63, 3.8) is 0 Å². The Labute approximate surface area is 80.2 Å². The lowest BCUT2D eigenvalue weighted by molar-refractivity contribution is -0.141. The normalized spacial score (nSPS) is 9.50. The third-order valence-electron chi connectivity index (χ3n) is 1.37. The number of nitrogens with zero attached hydrogens (tertiary/aromatic N) is 1. The molecule has 0 saturated heterocycles. The van der Waals surface area contributed by atoms with Crippen LogP contribution in [0.5, 0.6) is 0 Å². The second-order valence-corrected chi connectivity index (χ2v) is 2.37. The smallest absolute Gasteiger partial charge is 0.325 e. The number of hydrogen-bond donors (Lipinski definition) is 1. The molecular weight excluding hydrogens is 188 g/mol. The summed E-state index contributed by atoms with van der Waals surface area (Å²) in [6.07, 6.45) is 1.28. The number of hydrogen-bond acceptors (Lipinski definition) is 5. The van der Waals surface area contributed by atoms with Gasteiger partial charge in [-0.2, -0.15) is 0 Å². The van der Waals surface area contributed by atoms with Crippen LogP contribution in [0.3, 0.4) is 0 Å². The summed E-state index contributed by atoms with van der Waals surface area (Å²) in [5.41, 5.74) is 0.134. The van der Waals surface area contributed by atoms with E-state index >= 15 is 0 Å². The van der Waals surface area contributed by atoms with Crippen LogP contribution < -0.4 is 5.32 Å². The molecule has 0 aromatic carbocycles. The average Bonchev–Trinajstić information content (AvgIpc) is 2.67. The molecule has 1 amide bonds. The molecule has 1 rings (SSSR count). The Morgan fingerprint density at radius 2 is 2.43 bits per heavy atom. The maximum atomic E-state index is 11.2. The van der Waals surface area contributed by atoms with Crippen molar-refractivity contribution in [1.82, 2.24) is 10.5 Å². The van der Waals surface area contributed by atoms with E-state index in [0.717, 1.165) is 0 Å². The van der Waals surface area contributed by atoms with Crippen molar-refractivity contribution in [1.29, 1.82) is 0 Å². The second kappa shape index (κ2) is 5.00. The van der Waals surface area contributed by atoms with Gasteiger partial charge in [-0.1, -0.05) is 5.16 Å². The zero-order valence-corrected chi connectivity index (χ0v) is 7.65. The molecule has 0 atom stereocenters. The summed E-state index contributed by atoms with van der Waals surface area (Å²) in [6, 6.07) is 1.40. The van der Waals surface area contributed by atoms with Gasteiger partial charge in [0.2, 0.25) is 0 Å². The molecule has 1 aromatic rings. The predicted molar refractivity (Wildman–Crippen MR) is 45.5 cm³/mol. The summed E-state index contributed by atoms with van der Waals surface area (Å²) >= 11 is 0. The van der Waals surface area contributed by atoms with Crippen LogP contribution in [-0.4, -0.2) is 30.2 Å². The van der Waals surface area contributed by atoms with Crippen LogP contribution in [0.4, 0.5) is 0 Å². The molecule has 0 unspecified atom stereocenters. The minimum atomic E-state index is -0.482. The Bertz CT molecular complexity index is 307. The standard InChI is InChI=1S/C8H10N2O4/c1-2-13-7(11)5-9-8(12)6-3-4-14-10-6/h3-4H,2,5H2,1H3,(H,9,12). The lowest BCUT2D eigenvalue weighted by Gasteiger charge is -2.01. The molecule has 6 nitrogen and oxygen atoms in total. The third-order valence-corrected chi connectivity index (χ3v) is 1.37. The van der Waals surface area contributed by atoms with Crippen LogP contribution in [0.1, 0.15) is 17.4 Å². The van der Waals surface area contributed by atoms with Gasteiger partial charge in [0.1, 0.15) is 12.8 Å². The Morgan fingerprint density at radius 3 is 3.00 bits per heavy atom. The zero-order valence-electron chi connectivity index (χ0n) is 7.65. The van der Waals surface area contributed by atoms with Crippen molar-refractivity contribution >= 4 is 11.9 Å². The van der Waals surface area contributed by atoms with Crippen LogP contribution in [-0.2, 0) is 9.53 Å². The fourth-order valence-corrected chi connectivity index (χ4v) is 0.785. The van der Waals surface area contributed by atoms with E-state index in [1.807, 2.05) is 0 Å². The third kappa shape index (κ3) is 2.89. The van der Waals surface area contributed by atoms with E-state index in [-0.39, 0.29) is 12.2 Å². The number of rotatable bonds is 4. The molecule has 0 aliphatic rings. The summed E-state index contributed by atoms with van der Waals surface area (Å²) in [5, 5.41) is 5.73. The number of carbonyl (C=O) groups excluding carboxylic acids is 2. The van der Waals surface area contributed by atoms with Gasteiger partial charge in [0.15, 0.2) is 5.69 Å². The molecule has 1 N–H and O–H groups in total. The highest BCUT2D eigenvalue weighted by molar-refractivity contribution is 5.93. The first-order valence-corrected chi connectivity index (χ1v) is 4.08. The van der Waals surface area contributed by atoms with E-state index < -0.39 is 11.9 Å². The molecule has 6 heteroatoms. The van der Waals surface area contributed by atoms with Gasteiger partial charge in [-0.25, -0.2) is 0 Å². The number of nitrogens with one attached hydrogen (secondary N) is 1. The van der Waals surface area contributed by atoms with Crippen molar-refractivity contribution in [2.24, 2.45) is 0 Å². The Balaban J connectivity index is 2.32. The van der Waals surface area contributed by atoms with Gasteiger partial charge in [-0.05, 0) is 6.92 Å². The number of ether oxygens (including phenoxy) is 1. The van der Waals surface area contributed by atoms with Gasteiger partial charge in [0, 0.05) is 6.07 Å². The van der Waals surface area contributed by atoms with Crippen molar-refractivity contribution in [3.05, 3.63) is 18.0 Å². The van der Waals surface area contributed by atoms with Gasteiger partial charge in [-0.15, -0.1) is 0 Å². The van der Waals surface area contributed by atoms with Gasteiger partial charge < -0.3 is 14.6 Å². The number of aromatic nitrogens is 1. The predicted octanol–water partition coefficient (Wildman–Crippen LogP) is -0.0325. The largest absolute Gasteiger partial charge is 0.465 e. The van der Waals surface area contributed by atoms with Crippen molar-refractivity contribution in [2.45, 2.75) is 6.92 Å². The maximum Gasteiger partial charge on any atom is 0.325 e. The van der Waals surface area contributed by atoms with Crippen molar-refractivity contribution in [3.8, 4) is 0 Å². The summed E-state index contributed by atoms with van der Waals surface area (Å²) in [6.45, 7) is 1.82. The van der Waals surface area contributed by atoms with E-state index in [1.165, 1.54) is 12.3 Å². The lowest BCUT2D eigenvalue weighted by atomic mass is 10.4. The van der Waals surface area contributed by atoms with E-state index in [4.69, 9.17) is 0 Å². The molecule has 0 bridgehead atoms. The number of esters is 1.